The molecule has 0 bridgehead atoms. The summed E-state index contributed by atoms with van der Waals surface area (Å²) in [5.74, 6) is -0.156. The summed E-state index contributed by atoms with van der Waals surface area (Å²) in [5.41, 5.74) is 0. The molecule has 0 radical (unpaired) electrons. The Bertz CT molecular complexity index is 247. The topological polar surface area (TPSA) is 61.4 Å². The van der Waals surface area contributed by atoms with Crippen LogP contribution in [0.3, 0.4) is 0 Å². The minimum absolute atomic E-state index is 0.0739. The van der Waals surface area contributed by atoms with Crippen molar-refractivity contribution in [3.8, 4) is 0 Å². The van der Waals surface area contributed by atoms with E-state index < -0.39 is 6.04 Å². The lowest BCUT2D eigenvalue weighted by molar-refractivity contribution is -0.134. The number of rotatable bonds is 3. The van der Waals surface area contributed by atoms with E-state index in [4.69, 9.17) is 0 Å². The SMILES string of the molecule is CC(NC(=O)C1CCCN1)C(=O)N(C)C. The van der Waals surface area contributed by atoms with Crippen LogP contribution in [0.4, 0.5) is 0 Å². The van der Waals surface area contributed by atoms with Crippen LogP contribution in [0.1, 0.15) is 19.8 Å². The maximum Gasteiger partial charge on any atom is 0.244 e. The summed E-state index contributed by atoms with van der Waals surface area (Å²) in [6.45, 7) is 2.59. The molecule has 86 valence electrons. The van der Waals surface area contributed by atoms with E-state index >= 15 is 0 Å². The third-order valence-corrected chi connectivity index (χ3v) is 2.55. The molecule has 0 saturated carbocycles. The predicted octanol–water partition coefficient (Wildman–Crippen LogP) is -0.669. The fourth-order valence-corrected chi connectivity index (χ4v) is 1.67. The van der Waals surface area contributed by atoms with E-state index in [1.54, 1.807) is 21.0 Å². The van der Waals surface area contributed by atoms with E-state index in [-0.39, 0.29) is 17.9 Å². The maximum atomic E-state index is 11.6. The molecule has 1 rings (SSSR count). The van der Waals surface area contributed by atoms with Gasteiger partial charge in [-0.05, 0) is 26.3 Å². The highest BCUT2D eigenvalue weighted by Gasteiger charge is 2.25. The summed E-state index contributed by atoms with van der Waals surface area (Å²) in [5, 5.41) is 5.80. The third kappa shape index (κ3) is 3.20. The van der Waals surface area contributed by atoms with Crippen LogP contribution in [0.2, 0.25) is 0 Å². The first-order valence-corrected chi connectivity index (χ1v) is 5.27. The molecule has 0 aromatic heterocycles. The molecule has 0 aliphatic carbocycles. The minimum Gasteiger partial charge on any atom is -0.347 e. The molecule has 5 nitrogen and oxygen atoms in total. The molecule has 1 saturated heterocycles. The van der Waals surface area contributed by atoms with Crippen LogP contribution in [0.5, 0.6) is 0 Å². The average Bonchev–Trinajstić information content (AvgIpc) is 2.68. The Kier molecular flexibility index (Phi) is 4.08. The Morgan fingerprint density at radius 1 is 1.47 bits per heavy atom. The molecule has 2 N–H and O–H groups in total. The number of hydrogen-bond acceptors (Lipinski definition) is 3. The van der Waals surface area contributed by atoms with Crippen molar-refractivity contribution in [1.82, 2.24) is 15.5 Å². The van der Waals surface area contributed by atoms with Crippen LogP contribution < -0.4 is 10.6 Å². The Morgan fingerprint density at radius 2 is 2.13 bits per heavy atom. The second-order valence-electron chi connectivity index (χ2n) is 4.11. The van der Waals surface area contributed by atoms with Gasteiger partial charge in [0.1, 0.15) is 6.04 Å². The molecular formula is C10H19N3O2. The van der Waals surface area contributed by atoms with Crippen molar-refractivity contribution in [3.05, 3.63) is 0 Å². The lowest BCUT2D eigenvalue weighted by Gasteiger charge is -2.19. The van der Waals surface area contributed by atoms with Crippen molar-refractivity contribution >= 4 is 11.8 Å². The van der Waals surface area contributed by atoms with E-state index in [1.165, 1.54) is 4.90 Å². The smallest absolute Gasteiger partial charge is 0.244 e. The third-order valence-electron chi connectivity index (χ3n) is 2.55. The highest BCUT2D eigenvalue weighted by molar-refractivity contribution is 5.89. The standard InChI is InChI=1S/C10H19N3O2/c1-7(10(15)13(2)3)12-9(14)8-5-4-6-11-8/h7-8,11H,4-6H2,1-3H3,(H,12,14). The molecule has 2 amide bonds. The first-order valence-electron chi connectivity index (χ1n) is 5.27. The minimum atomic E-state index is -0.449. The maximum absolute atomic E-state index is 11.6. The lowest BCUT2D eigenvalue weighted by atomic mass is 10.2. The fraction of sp³-hybridized carbons (Fsp3) is 0.800. The summed E-state index contributed by atoms with van der Waals surface area (Å²) in [6, 6.07) is -0.572. The Labute approximate surface area is 90.2 Å². The number of amides is 2. The zero-order chi connectivity index (χ0) is 11.4. The highest BCUT2D eigenvalue weighted by Crippen LogP contribution is 2.05. The van der Waals surface area contributed by atoms with Gasteiger partial charge in [-0.1, -0.05) is 0 Å². The molecule has 0 aromatic carbocycles. The quantitative estimate of drug-likeness (QED) is 0.653. The number of likely N-dealkylation sites (N-methyl/N-ethyl adjacent to an activating group) is 1. The first kappa shape index (κ1) is 12.0. The van der Waals surface area contributed by atoms with E-state index in [0.29, 0.717) is 0 Å². The van der Waals surface area contributed by atoms with Crippen molar-refractivity contribution in [1.29, 1.82) is 0 Å². The molecule has 2 atom stereocenters. The number of nitrogens with zero attached hydrogens (tertiary/aromatic N) is 1. The van der Waals surface area contributed by atoms with Gasteiger partial charge in [-0.15, -0.1) is 0 Å². The summed E-state index contributed by atoms with van der Waals surface area (Å²) in [7, 11) is 3.36. The van der Waals surface area contributed by atoms with Crippen molar-refractivity contribution in [3.63, 3.8) is 0 Å². The van der Waals surface area contributed by atoms with Crippen LogP contribution in [0.15, 0.2) is 0 Å². The van der Waals surface area contributed by atoms with Crippen LogP contribution in [-0.4, -0.2) is 49.4 Å². The fourth-order valence-electron chi connectivity index (χ4n) is 1.67. The molecule has 1 aliphatic heterocycles. The van der Waals surface area contributed by atoms with Gasteiger partial charge in [0, 0.05) is 14.1 Å². The van der Waals surface area contributed by atoms with Crippen molar-refractivity contribution in [2.45, 2.75) is 31.8 Å². The van der Waals surface area contributed by atoms with Crippen LogP contribution in [0, 0.1) is 0 Å². The van der Waals surface area contributed by atoms with Crippen molar-refractivity contribution in [2.24, 2.45) is 0 Å². The number of nitrogens with one attached hydrogen (secondary N) is 2. The normalized spacial score (nSPS) is 22.2. The second-order valence-corrected chi connectivity index (χ2v) is 4.11. The summed E-state index contributed by atoms with van der Waals surface area (Å²) >= 11 is 0. The molecule has 0 spiro atoms. The van der Waals surface area contributed by atoms with E-state index in [1.807, 2.05) is 0 Å². The van der Waals surface area contributed by atoms with Gasteiger partial charge < -0.3 is 15.5 Å². The molecule has 2 unspecified atom stereocenters. The lowest BCUT2D eigenvalue weighted by Crippen LogP contribution is -2.49. The van der Waals surface area contributed by atoms with Crippen LogP contribution in [-0.2, 0) is 9.59 Å². The van der Waals surface area contributed by atoms with Gasteiger partial charge in [-0.25, -0.2) is 0 Å². The van der Waals surface area contributed by atoms with Gasteiger partial charge in [-0.2, -0.15) is 0 Å². The van der Waals surface area contributed by atoms with Gasteiger partial charge in [0.05, 0.1) is 6.04 Å². The molecule has 1 aliphatic rings. The zero-order valence-electron chi connectivity index (χ0n) is 9.54. The summed E-state index contributed by atoms with van der Waals surface area (Å²) in [6.07, 6.45) is 1.88. The Hall–Kier alpha value is -1.10. The molecule has 1 heterocycles. The Balaban J connectivity index is 2.40. The second kappa shape index (κ2) is 5.11. The van der Waals surface area contributed by atoms with Gasteiger partial charge in [-0.3, -0.25) is 9.59 Å². The molecule has 5 heteroatoms. The number of carbonyl (C=O) groups is 2. The largest absolute Gasteiger partial charge is 0.347 e. The van der Waals surface area contributed by atoms with Gasteiger partial charge >= 0.3 is 0 Å². The van der Waals surface area contributed by atoms with Crippen molar-refractivity contribution < 1.29 is 9.59 Å². The number of hydrogen-bond donors (Lipinski definition) is 2. The van der Waals surface area contributed by atoms with E-state index in [2.05, 4.69) is 10.6 Å². The average molecular weight is 213 g/mol. The van der Waals surface area contributed by atoms with Crippen LogP contribution in [0.25, 0.3) is 0 Å². The van der Waals surface area contributed by atoms with E-state index in [0.717, 1.165) is 19.4 Å². The van der Waals surface area contributed by atoms with E-state index in [9.17, 15) is 9.59 Å². The molecule has 15 heavy (non-hydrogen) atoms. The van der Waals surface area contributed by atoms with Gasteiger partial charge in [0.15, 0.2) is 0 Å². The van der Waals surface area contributed by atoms with Gasteiger partial charge in [0.2, 0.25) is 11.8 Å². The predicted molar refractivity (Wildman–Crippen MR) is 57.3 cm³/mol. The Morgan fingerprint density at radius 3 is 2.60 bits per heavy atom. The van der Waals surface area contributed by atoms with Crippen LogP contribution >= 0.6 is 0 Å². The summed E-state index contributed by atoms with van der Waals surface area (Å²) < 4.78 is 0. The molecule has 0 aromatic rings. The molecule has 1 fully saturated rings. The first-order chi connectivity index (χ1) is 7.02. The summed E-state index contributed by atoms with van der Waals surface area (Å²) in [4.78, 5) is 24.6. The van der Waals surface area contributed by atoms with Crippen molar-refractivity contribution in [2.75, 3.05) is 20.6 Å². The monoisotopic (exact) mass is 213 g/mol. The molecular weight excluding hydrogens is 194 g/mol. The van der Waals surface area contributed by atoms with Gasteiger partial charge in [0.25, 0.3) is 0 Å². The zero-order valence-corrected chi connectivity index (χ0v) is 9.54. The number of carbonyl (C=O) groups excluding carboxylic acids is 2. The highest BCUT2D eigenvalue weighted by atomic mass is 16.2.